The topological polar surface area (TPSA) is 52.6 Å². The molecule has 0 aromatic heterocycles. The number of piperidine rings is 1. The van der Waals surface area contributed by atoms with Crippen LogP contribution in [0.25, 0.3) is 0 Å². The highest BCUT2D eigenvalue weighted by Crippen LogP contribution is 2.39. The molecule has 2 fully saturated rings. The summed E-state index contributed by atoms with van der Waals surface area (Å²) in [6, 6.07) is 10.0. The number of nitrogens with one attached hydrogen (secondary N) is 1. The minimum atomic E-state index is -0.727. The molecule has 1 aromatic rings. The smallest absolute Gasteiger partial charge is 0.321 e. The fraction of sp³-hybridized carbons (Fsp3) is 0.500. The van der Waals surface area contributed by atoms with Gasteiger partial charge in [0.25, 0.3) is 0 Å². The molecule has 0 amide bonds. The van der Waals surface area contributed by atoms with Crippen LogP contribution in [0.5, 0.6) is 0 Å². The van der Waals surface area contributed by atoms with E-state index in [4.69, 9.17) is 5.11 Å². The van der Waals surface area contributed by atoms with Crippen LogP contribution in [-0.2, 0) is 4.79 Å². The summed E-state index contributed by atoms with van der Waals surface area (Å²) in [5.41, 5.74) is 1.26. The molecular formula is C14H18N2O2S. The predicted octanol–water partition coefficient (Wildman–Crippen LogP) is 1.77. The number of anilines is 1. The Bertz CT molecular complexity index is 458. The van der Waals surface area contributed by atoms with Gasteiger partial charge in [0, 0.05) is 24.5 Å². The first-order chi connectivity index (χ1) is 9.19. The molecule has 0 aliphatic carbocycles. The van der Waals surface area contributed by atoms with Gasteiger partial charge in [-0.3, -0.25) is 10.1 Å². The number of carbonyl (C=O) groups is 1. The third-order valence-corrected chi connectivity index (χ3v) is 5.53. The second-order valence-electron chi connectivity index (χ2n) is 5.16. The Morgan fingerprint density at radius 1 is 1.32 bits per heavy atom. The SMILES string of the molecule is O=C(O)[C@@H]1CSC2(CCN(c3ccccc3)CC2)N1. The molecule has 0 saturated carbocycles. The van der Waals surface area contributed by atoms with Crippen molar-refractivity contribution >= 4 is 23.4 Å². The first kappa shape index (κ1) is 12.8. The van der Waals surface area contributed by atoms with Gasteiger partial charge in [0.2, 0.25) is 0 Å². The quantitative estimate of drug-likeness (QED) is 0.863. The van der Waals surface area contributed by atoms with E-state index in [0.29, 0.717) is 5.75 Å². The van der Waals surface area contributed by atoms with E-state index in [1.165, 1.54) is 5.69 Å². The predicted molar refractivity (Wildman–Crippen MR) is 77.6 cm³/mol. The summed E-state index contributed by atoms with van der Waals surface area (Å²) in [5.74, 6) is -0.0458. The lowest BCUT2D eigenvalue weighted by molar-refractivity contribution is -0.138. The lowest BCUT2D eigenvalue weighted by Gasteiger charge is -2.40. The molecule has 2 N–H and O–H groups in total. The van der Waals surface area contributed by atoms with Crippen LogP contribution in [0.2, 0.25) is 0 Å². The normalized spacial score (nSPS) is 25.7. The highest BCUT2D eigenvalue weighted by Gasteiger charge is 2.43. The van der Waals surface area contributed by atoms with Gasteiger partial charge in [0.05, 0.1) is 4.87 Å². The maximum absolute atomic E-state index is 11.0. The third kappa shape index (κ3) is 2.58. The zero-order chi connectivity index (χ0) is 13.3. The van der Waals surface area contributed by atoms with Crippen LogP contribution < -0.4 is 10.2 Å². The van der Waals surface area contributed by atoms with Gasteiger partial charge in [0.1, 0.15) is 6.04 Å². The minimum Gasteiger partial charge on any atom is -0.480 e. The van der Waals surface area contributed by atoms with E-state index < -0.39 is 5.97 Å². The number of nitrogens with zero attached hydrogens (tertiary/aromatic N) is 1. The Morgan fingerprint density at radius 3 is 2.58 bits per heavy atom. The van der Waals surface area contributed by atoms with Crippen molar-refractivity contribution in [2.24, 2.45) is 0 Å². The van der Waals surface area contributed by atoms with Crippen LogP contribution in [0.1, 0.15) is 12.8 Å². The van der Waals surface area contributed by atoms with Gasteiger partial charge in [-0.25, -0.2) is 0 Å². The zero-order valence-electron chi connectivity index (χ0n) is 10.7. The van der Waals surface area contributed by atoms with E-state index in [0.717, 1.165) is 25.9 Å². The maximum atomic E-state index is 11.0. The monoisotopic (exact) mass is 278 g/mol. The number of hydrogen-bond donors (Lipinski definition) is 2. The molecule has 1 spiro atoms. The van der Waals surface area contributed by atoms with Gasteiger partial charge in [-0.1, -0.05) is 18.2 Å². The summed E-state index contributed by atoms with van der Waals surface area (Å²) in [6.07, 6.45) is 1.99. The third-order valence-electron chi connectivity index (χ3n) is 3.95. The molecule has 19 heavy (non-hydrogen) atoms. The van der Waals surface area contributed by atoms with Gasteiger partial charge in [-0.05, 0) is 25.0 Å². The Hall–Kier alpha value is -1.20. The Kier molecular flexibility index (Phi) is 3.41. The lowest BCUT2D eigenvalue weighted by atomic mass is 10.0. The largest absolute Gasteiger partial charge is 0.480 e. The Labute approximate surface area is 117 Å². The maximum Gasteiger partial charge on any atom is 0.321 e. The minimum absolute atomic E-state index is 0.0195. The van der Waals surface area contributed by atoms with Crippen molar-refractivity contribution < 1.29 is 9.90 Å². The molecule has 4 nitrogen and oxygen atoms in total. The molecular weight excluding hydrogens is 260 g/mol. The Balaban J connectivity index is 1.63. The fourth-order valence-corrected chi connectivity index (χ4v) is 4.24. The zero-order valence-corrected chi connectivity index (χ0v) is 11.5. The summed E-state index contributed by atoms with van der Waals surface area (Å²) < 4.78 is 0. The highest BCUT2D eigenvalue weighted by molar-refractivity contribution is 8.01. The van der Waals surface area contributed by atoms with Crippen LogP contribution in [-0.4, -0.2) is 40.8 Å². The first-order valence-corrected chi connectivity index (χ1v) is 7.62. The molecule has 5 heteroatoms. The molecule has 2 aliphatic heterocycles. The van der Waals surface area contributed by atoms with E-state index in [9.17, 15) is 4.79 Å². The standard InChI is InChI=1S/C14H18N2O2S/c17-13(18)12-10-19-14(15-12)6-8-16(9-7-14)11-4-2-1-3-5-11/h1-5,12,15H,6-10H2,(H,17,18)/t12-/m0/s1. The van der Waals surface area contributed by atoms with Crippen molar-refractivity contribution in [1.82, 2.24) is 5.32 Å². The van der Waals surface area contributed by atoms with Gasteiger partial charge >= 0.3 is 5.97 Å². The molecule has 2 saturated heterocycles. The molecule has 1 atom stereocenters. The first-order valence-electron chi connectivity index (χ1n) is 6.63. The van der Waals surface area contributed by atoms with Crippen LogP contribution in [0.4, 0.5) is 5.69 Å². The summed E-state index contributed by atoms with van der Waals surface area (Å²) in [6.45, 7) is 1.96. The molecule has 2 aliphatic rings. The van der Waals surface area contributed by atoms with Crippen molar-refractivity contribution in [1.29, 1.82) is 0 Å². The molecule has 2 heterocycles. The van der Waals surface area contributed by atoms with Crippen molar-refractivity contribution in [3.8, 4) is 0 Å². The summed E-state index contributed by atoms with van der Waals surface area (Å²) >= 11 is 1.78. The average Bonchev–Trinajstić information content (AvgIpc) is 2.85. The van der Waals surface area contributed by atoms with E-state index in [1.54, 1.807) is 11.8 Å². The van der Waals surface area contributed by atoms with Crippen molar-refractivity contribution in [2.75, 3.05) is 23.7 Å². The number of carboxylic acids is 1. The number of carboxylic acid groups (broad SMARTS) is 1. The van der Waals surface area contributed by atoms with Crippen molar-refractivity contribution in [3.05, 3.63) is 30.3 Å². The fourth-order valence-electron chi connectivity index (χ4n) is 2.83. The number of para-hydroxylation sites is 1. The number of hydrogen-bond acceptors (Lipinski definition) is 4. The van der Waals surface area contributed by atoms with Gasteiger partial charge in [-0.2, -0.15) is 0 Å². The van der Waals surface area contributed by atoms with Crippen LogP contribution in [0.15, 0.2) is 30.3 Å². The van der Waals surface area contributed by atoms with Gasteiger partial charge in [-0.15, -0.1) is 11.8 Å². The lowest BCUT2D eigenvalue weighted by Crippen LogP contribution is -2.51. The second kappa shape index (κ2) is 5.06. The van der Waals surface area contributed by atoms with Gasteiger partial charge in [0.15, 0.2) is 0 Å². The van der Waals surface area contributed by atoms with Crippen LogP contribution >= 0.6 is 11.8 Å². The van der Waals surface area contributed by atoms with Crippen molar-refractivity contribution in [3.63, 3.8) is 0 Å². The summed E-state index contributed by atoms with van der Waals surface area (Å²) in [4.78, 5) is 13.4. The molecule has 3 rings (SSSR count). The van der Waals surface area contributed by atoms with Crippen molar-refractivity contribution in [2.45, 2.75) is 23.8 Å². The molecule has 1 aromatic carbocycles. The number of aliphatic carboxylic acids is 1. The summed E-state index contributed by atoms with van der Waals surface area (Å²) in [5, 5.41) is 12.4. The second-order valence-corrected chi connectivity index (χ2v) is 6.57. The number of thioether (sulfide) groups is 1. The molecule has 0 unspecified atom stereocenters. The van der Waals surface area contributed by atoms with Crippen LogP contribution in [0, 0.1) is 0 Å². The van der Waals surface area contributed by atoms with E-state index in [2.05, 4.69) is 34.5 Å². The number of benzene rings is 1. The van der Waals surface area contributed by atoms with Crippen LogP contribution in [0.3, 0.4) is 0 Å². The van der Waals surface area contributed by atoms with Gasteiger partial charge < -0.3 is 10.0 Å². The number of rotatable bonds is 2. The molecule has 0 radical (unpaired) electrons. The van der Waals surface area contributed by atoms with E-state index in [1.807, 2.05) is 6.07 Å². The summed E-state index contributed by atoms with van der Waals surface area (Å²) in [7, 11) is 0. The Morgan fingerprint density at radius 2 is 2.00 bits per heavy atom. The average molecular weight is 278 g/mol. The highest BCUT2D eigenvalue weighted by atomic mass is 32.2. The van der Waals surface area contributed by atoms with E-state index in [-0.39, 0.29) is 10.9 Å². The molecule has 0 bridgehead atoms. The van der Waals surface area contributed by atoms with E-state index >= 15 is 0 Å². The molecule has 102 valence electrons.